The number of benzene rings is 1. The van der Waals surface area contributed by atoms with Crippen LogP contribution in [0.15, 0.2) is 47.2 Å². The van der Waals surface area contributed by atoms with E-state index in [9.17, 15) is 0 Å². The van der Waals surface area contributed by atoms with E-state index in [-0.39, 0.29) is 6.04 Å². The lowest BCUT2D eigenvalue weighted by Gasteiger charge is -2.17. The molecule has 94 valence electrons. The number of pyridine rings is 1. The van der Waals surface area contributed by atoms with E-state index in [0.29, 0.717) is 0 Å². The highest BCUT2D eigenvalue weighted by Crippen LogP contribution is 2.25. The average Bonchev–Trinajstić information content (AvgIpc) is 2.40. The van der Waals surface area contributed by atoms with E-state index in [4.69, 9.17) is 4.74 Å². The van der Waals surface area contributed by atoms with Crippen LogP contribution in [0, 0.1) is 0 Å². The Morgan fingerprint density at radius 1 is 1.22 bits per heavy atom. The molecule has 0 radical (unpaired) electrons. The van der Waals surface area contributed by atoms with Gasteiger partial charge in [0.25, 0.3) is 0 Å². The van der Waals surface area contributed by atoms with Crippen LogP contribution in [0.5, 0.6) is 5.75 Å². The summed E-state index contributed by atoms with van der Waals surface area (Å²) >= 11 is 3.49. The van der Waals surface area contributed by atoms with Crippen molar-refractivity contribution in [2.45, 2.75) is 6.04 Å². The number of halogens is 1. The summed E-state index contributed by atoms with van der Waals surface area (Å²) in [7, 11) is 3.58. The van der Waals surface area contributed by atoms with Crippen molar-refractivity contribution in [1.82, 2.24) is 10.3 Å². The molecule has 0 bridgehead atoms. The van der Waals surface area contributed by atoms with Gasteiger partial charge in [0.05, 0.1) is 19.3 Å². The second-order valence-electron chi connectivity index (χ2n) is 3.93. The summed E-state index contributed by atoms with van der Waals surface area (Å²) in [6.45, 7) is 0. The van der Waals surface area contributed by atoms with Crippen molar-refractivity contribution in [3.8, 4) is 5.75 Å². The third-order valence-corrected chi connectivity index (χ3v) is 3.27. The molecule has 2 rings (SSSR count). The van der Waals surface area contributed by atoms with E-state index in [1.165, 1.54) is 5.56 Å². The number of nitrogens with zero attached hydrogens (tertiary/aromatic N) is 1. The summed E-state index contributed by atoms with van der Waals surface area (Å²) in [5, 5.41) is 3.30. The van der Waals surface area contributed by atoms with Gasteiger partial charge in [-0.15, -0.1) is 0 Å². The van der Waals surface area contributed by atoms with Gasteiger partial charge >= 0.3 is 0 Å². The van der Waals surface area contributed by atoms with Gasteiger partial charge in [-0.1, -0.05) is 28.1 Å². The standard InChI is InChI=1S/C14H15BrN2O/c1-16-14(10-4-3-5-12(15)6-10)11-7-13(18-2)9-17-8-11/h3-9,14,16H,1-2H3. The molecular weight excluding hydrogens is 292 g/mol. The Morgan fingerprint density at radius 2 is 2.06 bits per heavy atom. The second kappa shape index (κ2) is 5.98. The molecule has 0 aliphatic rings. The van der Waals surface area contributed by atoms with Crippen LogP contribution in [-0.4, -0.2) is 19.1 Å². The van der Waals surface area contributed by atoms with E-state index in [1.54, 1.807) is 13.3 Å². The van der Waals surface area contributed by atoms with Crippen LogP contribution in [0.4, 0.5) is 0 Å². The van der Waals surface area contributed by atoms with Gasteiger partial charge in [-0.3, -0.25) is 4.98 Å². The topological polar surface area (TPSA) is 34.2 Å². The lowest BCUT2D eigenvalue weighted by Crippen LogP contribution is -2.17. The summed E-state index contributed by atoms with van der Waals surface area (Å²) in [5.74, 6) is 0.766. The minimum absolute atomic E-state index is 0.102. The number of aromatic nitrogens is 1. The summed E-state index contributed by atoms with van der Waals surface area (Å²) in [5.41, 5.74) is 2.26. The van der Waals surface area contributed by atoms with Gasteiger partial charge < -0.3 is 10.1 Å². The van der Waals surface area contributed by atoms with Gasteiger partial charge in [0.15, 0.2) is 0 Å². The van der Waals surface area contributed by atoms with Crippen LogP contribution < -0.4 is 10.1 Å². The molecule has 0 aliphatic carbocycles. The predicted molar refractivity (Wildman–Crippen MR) is 75.8 cm³/mol. The van der Waals surface area contributed by atoms with Gasteiger partial charge in [-0.05, 0) is 36.4 Å². The Hall–Kier alpha value is -1.39. The van der Waals surface area contributed by atoms with Gasteiger partial charge in [0.2, 0.25) is 0 Å². The molecule has 1 N–H and O–H groups in total. The smallest absolute Gasteiger partial charge is 0.137 e. The third-order valence-electron chi connectivity index (χ3n) is 2.77. The first kappa shape index (κ1) is 13.1. The largest absolute Gasteiger partial charge is 0.495 e. The highest BCUT2D eigenvalue weighted by Gasteiger charge is 2.13. The summed E-state index contributed by atoms with van der Waals surface area (Å²) < 4.78 is 6.28. The zero-order valence-corrected chi connectivity index (χ0v) is 11.9. The minimum Gasteiger partial charge on any atom is -0.495 e. The van der Waals surface area contributed by atoms with Crippen LogP contribution in [0.1, 0.15) is 17.2 Å². The van der Waals surface area contributed by atoms with E-state index < -0.39 is 0 Å². The minimum atomic E-state index is 0.102. The molecule has 0 spiro atoms. The van der Waals surface area contributed by atoms with Crippen LogP contribution in [-0.2, 0) is 0 Å². The summed E-state index contributed by atoms with van der Waals surface area (Å²) in [6, 6.07) is 10.3. The molecule has 2 aromatic rings. The molecule has 0 amide bonds. The van der Waals surface area contributed by atoms with E-state index in [1.807, 2.05) is 31.4 Å². The highest BCUT2D eigenvalue weighted by atomic mass is 79.9. The fourth-order valence-corrected chi connectivity index (χ4v) is 2.33. The normalized spacial score (nSPS) is 12.2. The molecule has 1 atom stereocenters. The number of hydrogen-bond donors (Lipinski definition) is 1. The van der Waals surface area contributed by atoms with E-state index >= 15 is 0 Å². The summed E-state index contributed by atoms with van der Waals surface area (Å²) in [4.78, 5) is 4.20. The average molecular weight is 307 g/mol. The quantitative estimate of drug-likeness (QED) is 0.942. The maximum absolute atomic E-state index is 5.21. The Balaban J connectivity index is 2.38. The van der Waals surface area contributed by atoms with Crippen molar-refractivity contribution in [3.63, 3.8) is 0 Å². The summed E-state index contributed by atoms with van der Waals surface area (Å²) in [6.07, 6.45) is 3.56. The molecule has 3 nitrogen and oxygen atoms in total. The number of rotatable bonds is 4. The van der Waals surface area contributed by atoms with Crippen molar-refractivity contribution < 1.29 is 4.74 Å². The molecule has 18 heavy (non-hydrogen) atoms. The third kappa shape index (κ3) is 2.89. The molecule has 1 aromatic heterocycles. The Labute approximate surface area is 115 Å². The SMILES string of the molecule is CNC(c1cccc(Br)c1)c1cncc(OC)c1. The molecule has 0 aliphatic heterocycles. The van der Waals surface area contributed by atoms with Crippen molar-refractivity contribution in [3.05, 3.63) is 58.3 Å². The first-order valence-corrected chi connectivity index (χ1v) is 6.45. The van der Waals surface area contributed by atoms with E-state index in [0.717, 1.165) is 15.8 Å². The zero-order valence-electron chi connectivity index (χ0n) is 10.4. The number of ether oxygens (including phenoxy) is 1. The van der Waals surface area contributed by atoms with Crippen LogP contribution in [0.25, 0.3) is 0 Å². The lowest BCUT2D eigenvalue weighted by molar-refractivity contribution is 0.411. The van der Waals surface area contributed by atoms with Gasteiger partial charge in [0.1, 0.15) is 5.75 Å². The van der Waals surface area contributed by atoms with Crippen LogP contribution in [0.3, 0.4) is 0 Å². The molecular formula is C14H15BrN2O. The monoisotopic (exact) mass is 306 g/mol. The molecule has 1 unspecified atom stereocenters. The molecule has 4 heteroatoms. The Kier molecular flexibility index (Phi) is 4.33. The molecule has 0 fully saturated rings. The number of nitrogens with one attached hydrogen (secondary N) is 1. The van der Waals surface area contributed by atoms with Crippen molar-refractivity contribution in [2.24, 2.45) is 0 Å². The fraction of sp³-hybridized carbons (Fsp3) is 0.214. The van der Waals surface area contributed by atoms with E-state index in [2.05, 4.69) is 38.4 Å². The maximum Gasteiger partial charge on any atom is 0.137 e. The Morgan fingerprint density at radius 3 is 2.72 bits per heavy atom. The molecule has 1 heterocycles. The zero-order chi connectivity index (χ0) is 13.0. The Bertz CT molecular complexity index is 531. The van der Waals surface area contributed by atoms with Gasteiger partial charge in [-0.25, -0.2) is 0 Å². The molecule has 0 saturated heterocycles. The van der Waals surface area contributed by atoms with Crippen molar-refractivity contribution >= 4 is 15.9 Å². The van der Waals surface area contributed by atoms with Crippen LogP contribution in [0.2, 0.25) is 0 Å². The number of hydrogen-bond acceptors (Lipinski definition) is 3. The highest BCUT2D eigenvalue weighted by molar-refractivity contribution is 9.10. The fourth-order valence-electron chi connectivity index (χ4n) is 1.92. The predicted octanol–water partition coefficient (Wildman–Crippen LogP) is 3.16. The maximum atomic E-state index is 5.21. The molecule has 1 aromatic carbocycles. The first-order chi connectivity index (χ1) is 8.74. The lowest BCUT2D eigenvalue weighted by atomic mass is 10.0. The second-order valence-corrected chi connectivity index (χ2v) is 4.85. The number of methoxy groups -OCH3 is 1. The first-order valence-electron chi connectivity index (χ1n) is 5.66. The van der Waals surface area contributed by atoms with Crippen molar-refractivity contribution in [1.29, 1.82) is 0 Å². The van der Waals surface area contributed by atoms with Crippen molar-refractivity contribution in [2.75, 3.05) is 14.2 Å². The van der Waals surface area contributed by atoms with Gasteiger partial charge in [0, 0.05) is 10.7 Å². The van der Waals surface area contributed by atoms with Crippen LogP contribution >= 0.6 is 15.9 Å². The van der Waals surface area contributed by atoms with Gasteiger partial charge in [-0.2, -0.15) is 0 Å². The molecule has 0 saturated carbocycles.